The van der Waals surface area contributed by atoms with Crippen LogP contribution in [0.3, 0.4) is 0 Å². The molecule has 0 aliphatic heterocycles. The Morgan fingerprint density at radius 1 is 0.603 bits per heavy atom. The van der Waals surface area contributed by atoms with Crippen molar-refractivity contribution in [1.82, 2.24) is 0 Å². The first-order valence-corrected chi connectivity index (χ1v) is 24.8. The fourth-order valence-corrected chi connectivity index (χ4v) is 6.72. The van der Waals surface area contributed by atoms with Crippen molar-refractivity contribution in [1.29, 1.82) is 0 Å². The molecule has 6 aromatic rings. The van der Waals surface area contributed by atoms with E-state index in [1.807, 2.05) is 24.3 Å². The molecule has 0 heterocycles. The van der Waals surface area contributed by atoms with Crippen LogP contribution in [-0.4, -0.2) is 75.9 Å². The number of hydrogen-bond donors (Lipinski definition) is 1. The van der Waals surface area contributed by atoms with Crippen molar-refractivity contribution < 1.29 is 81.7 Å². The van der Waals surface area contributed by atoms with Crippen LogP contribution in [0.1, 0.15) is 25.0 Å². The van der Waals surface area contributed by atoms with Gasteiger partial charge in [-0.15, -0.1) is 0 Å². The third-order valence-corrected chi connectivity index (χ3v) is 10.9. The Morgan fingerprint density at radius 2 is 1.03 bits per heavy atom. The number of phenols is 1. The number of nitrogens with zero attached hydrogens (tertiary/aromatic N) is 2. The Balaban J connectivity index is 0.000000303. The Labute approximate surface area is 434 Å². The van der Waals surface area contributed by atoms with Crippen molar-refractivity contribution in [3.05, 3.63) is 156 Å². The van der Waals surface area contributed by atoms with Crippen molar-refractivity contribution >= 4 is 65.2 Å². The molecule has 0 spiro atoms. The van der Waals surface area contributed by atoms with Crippen molar-refractivity contribution in [2.75, 3.05) is 54.8 Å². The van der Waals surface area contributed by atoms with Gasteiger partial charge in [-0.3, -0.25) is 18.2 Å². The Hall–Kier alpha value is -6.56. The van der Waals surface area contributed by atoms with Crippen LogP contribution < -0.4 is 33.5 Å². The number of para-hydroxylation sites is 2. The van der Waals surface area contributed by atoms with E-state index in [2.05, 4.69) is 36.0 Å². The smallest absolute Gasteiger partial charge is 0.508 e. The van der Waals surface area contributed by atoms with Gasteiger partial charge >= 0.3 is 15.6 Å². The number of carbonyl (C=O) groups is 2. The van der Waals surface area contributed by atoms with Gasteiger partial charge in [0.2, 0.25) is 18.7 Å². The summed E-state index contributed by atoms with van der Waals surface area (Å²) >= 11 is 5.59. The SMILES string of the molecule is COc1ccc(O)c(CN(C(C)=O)c2cc(F)ccc2Oc2ccccc2)c1.COc1ccc(OC[18F])c(CN(C(C)=O)c2cc(F)ccc2Oc2ccccc2)c1.O=S(=O)(OCCBr)C(F)(F)F.[18F]CCBr. The van der Waals surface area contributed by atoms with Crippen LogP contribution in [0.5, 0.6) is 46.0 Å². The van der Waals surface area contributed by atoms with E-state index in [1.165, 1.54) is 80.3 Å². The molecule has 6 aromatic carbocycles. The van der Waals surface area contributed by atoms with E-state index in [4.69, 9.17) is 23.7 Å². The number of rotatable bonds is 18. The van der Waals surface area contributed by atoms with E-state index < -0.39 is 40.7 Å². The van der Waals surface area contributed by atoms with Gasteiger partial charge in [-0.1, -0.05) is 68.3 Å². The number of anilines is 2. The lowest BCUT2D eigenvalue weighted by molar-refractivity contribution is -0.117. The third-order valence-electron chi connectivity index (χ3n) is 9.22. The minimum atomic E-state index is -5.39. The maximum absolute atomic E-state index is 14.1. The molecule has 0 saturated heterocycles. The molecule has 0 atom stereocenters. The number of benzene rings is 6. The molecule has 0 bridgehead atoms. The van der Waals surface area contributed by atoms with E-state index >= 15 is 0 Å². The molecule has 0 fully saturated rings. The largest absolute Gasteiger partial charge is 0.523 e. The highest BCUT2D eigenvalue weighted by Gasteiger charge is 2.47. The molecule has 73 heavy (non-hydrogen) atoms. The summed E-state index contributed by atoms with van der Waals surface area (Å²) in [5.74, 6) is 1.33. The molecule has 6 rings (SSSR count). The van der Waals surface area contributed by atoms with Crippen LogP contribution >= 0.6 is 31.9 Å². The van der Waals surface area contributed by atoms with Gasteiger partial charge in [-0.25, -0.2) is 13.2 Å². The van der Waals surface area contributed by atoms with E-state index in [0.29, 0.717) is 51.0 Å². The quantitative estimate of drug-likeness (QED) is 0.0379. The first-order valence-electron chi connectivity index (χ1n) is 21.2. The minimum absolute atomic E-state index is 0.00350. The summed E-state index contributed by atoms with van der Waals surface area (Å²) in [4.78, 5) is 27.5. The highest BCUT2D eigenvalue weighted by Crippen LogP contribution is 2.38. The van der Waals surface area contributed by atoms with Gasteiger partial charge in [0.1, 0.15) is 46.1 Å². The molecule has 0 saturated carbocycles. The maximum atomic E-state index is 14.1. The molecular weight excluding hydrogens is 1130 g/mol. The number of aromatic hydroxyl groups is 1. The average Bonchev–Trinajstić information content (AvgIpc) is 3.37. The van der Waals surface area contributed by atoms with Gasteiger partial charge in [0.25, 0.3) is 0 Å². The molecule has 1 N–H and O–H groups in total. The van der Waals surface area contributed by atoms with E-state index in [0.717, 1.165) is 0 Å². The van der Waals surface area contributed by atoms with Gasteiger partial charge in [0, 0.05) is 47.8 Å². The summed E-state index contributed by atoms with van der Waals surface area (Å²) in [6, 6.07) is 35.4. The number of amides is 2. The number of halogens is 9. The summed E-state index contributed by atoms with van der Waals surface area (Å²) < 4.78 is 137. The van der Waals surface area contributed by atoms with Gasteiger partial charge in [0.05, 0.1) is 52.0 Å². The van der Waals surface area contributed by atoms with Crippen LogP contribution in [0.2, 0.25) is 0 Å². The molecule has 2 amide bonds. The maximum Gasteiger partial charge on any atom is 0.523 e. The second kappa shape index (κ2) is 30.5. The summed E-state index contributed by atoms with van der Waals surface area (Å²) in [6.45, 7) is 0.925. The van der Waals surface area contributed by atoms with Crippen molar-refractivity contribution in [3.8, 4) is 46.0 Å². The highest BCUT2D eigenvalue weighted by molar-refractivity contribution is 9.09. The van der Waals surface area contributed by atoms with Crippen LogP contribution in [0.15, 0.2) is 133 Å². The standard InChI is InChI=1S/C23H21F2NO4.C22H20FNO4.C3H4BrF3O3S.C2H4BrF/c1-16(27)26(14-17-12-20(28-2)9-11-22(17)29-15-24)21-13-18(25)8-10-23(21)30-19-6-4-3-5-7-19;1-15(25)24(14-16-12-19(27-2)9-10-21(16)26)20-13-17(23)8-11-22(20)28-18-6-4-3-5-7-18;4-1-2-10-11(8,9)3(5,6)7;3-1-2-4/h3-13H,14-15H2,1-2H3;3-13,26H,14H2,1-2H3;1-2H2;1-2H2/i24-1;;;4-1. The average molecular weight is 1180 g/mol. The van der Waals surface area contributed by atoms with Crippen molar-refractivity contribution in [2.24, 2.45) is 0 Å². The van der Waals surface area contributed by atoms with Crippen LogP contribution in [0, 0.1) is 11.6 Å². The van der Waals surface area contributed by atoms with E-state index in [1.54, 1.807) is 66.7 Å². The van der Waals surface area contributed by atoms with E-state index in [9.17, 15) is 53.8 Å². The first kappa shape index (κ1) is 60.7. The molecule has 0 unspecified atom stereocenters. The normalized spacial score (nSPS) is 10.7. The second-order valence-corrected chi connectivity index (χ2v) is 17.5. The molecule has 394 valence electrons. The van der Waals surface area contributed by atoms with Gasteiger partial charge in [0.15, 0.2) is 11.5 Å². The topological polar surface area (TPSA) is 150 Å². The number of hydrogen-bond acceptors (Lipinski definition) is 11. The van der Waals surface area contributed by atoms with Crippen LogP contribution in [0.4, 0.5) is 42.1 Å². The Morgan fingerprint density at radius 3 is 1.42 bits per heavy atom. The predicted octanol–water partition coefficient (Wildman–Crippen LogP) is 13.0. The molecular formula is C50H49Br2F7N2O11S. The summed E-state index contributed by atoms with van der Waals surface area (Å²) in [5, 5.41) is 10.7. The van der Waals surface area contributed by atoms with Gasteiger partial charge < -0.3 is 38.6 Å². The zero-order chi connectivity index (χ0) is 54.1. The summed E-state index contributed by atoms with van der Waals surface area (Å²) in [6.07, 6.45) is 0. The monoisotopic (exact) mass is 1170 g/mol. The van der Waals surface area contributed by atoms with Crippen LogP contribution in [0.25, 0.3) is 0 Å². The molecule has 23 heteroatoms. The molecule has 0 aromatic heterocycles. The van der Waals surface area contributed by atoms with Crippen molar-refractivity contribution in [3.63, 3.8) is 0 Å². The summed E-state index contributed by atoms with van der Waals surface area (Å²) in [5.41, 5.74) is -3.87. The number of ether oxygens (including phenoxy) is 5. The zero-order valence-electron chi connectivity index (χ0n) is 39.4. The Kier molecular flexibility index (Phi) is 25.4. The van der Waals surface area contributed by atoms with Crippen LogP contribution in [-0.2, 0) is 37.0 Å². The molecule has 13 nitrogen and oxygen atoms in total. The van der Waals surface area contributed by atoms with Gasteiger partial charge in [-0.05, 0) is 84.9 Å². The zero-order valence-corrected chi connectivity index (χ0v) is 43.4. The fraction of sp³-hybridized carbons (Fsp3) is 0.240. The lowest BCUT2D eigenvalue weighted by Crippen LogP contribution is -2.28. The third kappa shape index (κ3) is 19.8. The molecule has 0 aliphatic rings. The number of alkyl halides is 7. The predicted molar refractivity (Wildman–Crippen MR) is 268 cm³/mol. The molecule has 0 aliphatic carbocycles. The fourth-order valence-electron chi connectivity index (χ4n) is 5.91. The number of methoxy groups -OCH3 is 2. The number of phenolic OH excluding ortho intramolecular Hbond substituents is 1. The van der Waals surface area contributed by atoms with Gasteiger partial charge in [-0.2, -0.15) is 21.6 Å². The summed E-state index contributed by atoms with van der Waals surface area (Å²) in [7, 11) is -2.38. The minimum Gasteiger partial charge on any atom is -0.508 e. The number of carbonyl (C=O) groups excluding carboxylic acids is 2. The molecule has 0 radical (unpaired) electrons. The second-order valence-electron chi connectivity index (χ2n) is 14.3. The first-order chi connectivity index (χ1) is 34.7. The highest BCUT2D eigenvalue weighted by atomic mass is 79.9. The lowest BCUT2D eigenvalue weighted by Gasteiger charge is -2.25. The Bertz CT molecular complexity index is 2780. The van der Waals surface area contributed by atoms with E-state index in [-0.39, 0.29) is 59.8 Å². The lowest BCUT2D eigenvalue weighted by atomic mass is 10.1. The van der Waals surface area contributed by atoms with Crippen molar-refractivity contribution in [2.45, 2.75) is 32.4 Å².